The summed E-state index contributed by atoms with van der Waals surface area (Å²) in [5, 5.41) is -0.0431. The molecular formula is C15H21ClN2. The van der Waals surface area contributed by atoms with Crippen LogP contribution in [-0.4, -0.2) is 9.55 Å². The molecule has 0 fully saturated rings. The molecule has 1 aromatic carbocycles. The van der Waals surface area contributed by atoms with Gasteiger partial charge in [0.25, 0.3) is 0 Å². The van der Waals surface area contributed by atoms with Gasteiger partial charge in [0.1, 0.15) is 5.82 Å². The third-order valence-electron chi connectivity index (χ3n) is 3.34. The first-order chi connectivity index (χ1) is 8.65. The van der Waals surface area contributed by atoms with Crippen molar-refractivity contribution in [3.8, 4) is 0 Å². The molecule has 0 saturated heterocycles. The molecular weight excluding hydrogens is 244 g/mol. The molecule has 0 aliphatic rings. The maximum atomic E-state index is 6.26. The topological polar surface area (TPSA) is 17.8 Å². The van der Waals surface area contributed by atoms with E-state index in [1.807, 2.05) is 6.92 Å². The third kappa shape index (κ3) is 2.54. The normalized spacial score (nSPS) is 13.1. The zero-order valence-corrected chi connectivity index (χ0v) is 12.2. The van der Waals surface area contributed by atoms with Crippen LogP contribution in [0.5, 0.6) is 0 Å². The largest absolute Gasteiger partial charge is 0.327 e. The second-order valence-electron chi connectivity index (χ2n) is 4.89. The SMILES string of the molecule is CCCCCn1c(C(C)Cl)nc2cccc(C)c21. The number of hydrogen-bond donors (Lipinski definition) is 0. The highest BCUT2D eigenvalue weighted by Gasteiger charge is 2.15. The van der Waals surface area contributed by atoms with Gasteiger partial charge in [0.2, 0.25) is 0 Å². The minimum Gasteiger partial charge on any atom is -0.327 e. The molecule has 1 heterocycles. The Morgan fingerprint density at radius 3 is 2.78 bits per heavy atom. The van der Waals surface area contributed by atoms with E-state index in [2.05, 4.69) is 41.6 Å². The number of alkyl halides is 1. The maximum Gasteiger partial charge on any atom is 0.127 e. The van der Waals surface area contributed by atoms with Crippen molar-refractivity contribution < 1.29 is 0 Å². The lowest BCUT2D eigenvalue weighted by atomic mass is 10.2. The molecule has 0 aliphatic heterocycles. The molecule has 0 spiro atoms. The van der Waals surface area contributed by atoms with E-state index in [1.165, 1.54) is 30.3 Å². The summed E-state index contributed by atoms with van der Waals surface area (Å²) < 4.78 is 2.30. The molecule has 2 nitrogen and oxygen atoms in total. The van der Waals surface area contributed by atoms with Gasteiger partial charge in [0.15, 0.2) is 0 Å². The molecule has 0 bridgehead atoms. The van der Waals surface area contributed by atoms with Gasteiger partial charge in [0, 0.05) is 6.54 Å². The molecule has 1 aromatic heterocycles. The van der Waals surface area contributed by atoms with Crippen LogP contribution in [-0.2, 0) is 6.54 Å². The maximum absolute atomic E-state index is 6.26. The van der Waals surface area contributed by atoms with Crippen LogP contribution < -0.4 is 0 Å². The standard InChI is InChI=1S/C15H21ClN2/c1-4-5-6-10-18-14-11(2)8-7-9-13(14)17-15(18)12(3)16/h7-9,12H,4-6,10H2,1-3H3. The van der Waals surface area contributed by atoms with Crippen molar-refractivity contribution >= 4 is 22.6 Å². The van der Waals surface area contributed by atoms with Crippen molar-refractivity contribution in [2.75, 3.05) is 0 Å². The Bertz CT molecular complexity index is 529. The van der Waals surface area contributed by atoms with Gasteiger partial charge in [-0.3, -0.25) is 0 Å². The lowest BCUT2D eigenvalue weighted by molar-refractivity contribution is 0.591. The minimum absolute atomic E-state index is 0.0431. The second-order valence-corrected chi connectivity index (χ2v) is 5.54. The van der Waals surface area contributed by atoms with Crippen molar-refractivity contribution in [1.29, 1.82) is 0 Å². The van der Waals surface area contributed by atoms with Gasteiger partial charge in [-0.1, -0.05) is 31.9 Å². The van der Waals surface area contributed by atoms with E-state index in [0.29, 0.717) is 0 Å². The fraction of sp³-hybridized carbons (Fsp3) is 0.533. The summed E-state index contributed by atoms with van der Waals surface area (Å²) in [4.78, 5) is 4.68. The van der Waals surface area contributed by atoms with Crippen LogP contribution in [0.15, 0.2) is 18.2 Å². The number of rotatable bonds is 5. The highest BCUT2D eigenvalue weighted by atomic mass is 35.5. The number of unbranched alkanes of at least 4 members (excludes halogenated alkanes) is 2. The molecule has 98 valence electrons. The van der Waals surface area contributed by atoms with Gasteiger partial charge < -0.3 is 4.57 Å². The van der Waals surface area contributed by atoms with Gasteiger partial charge in [-0.25, -0.2) is 4.98 Å². The first kappa shape index (κ1) is 13.4. The summed E-state index contributed by atoms with van der Waals surface area (Å²) in [6.07, 6.45) is 3.67. The number of aromatic nitrogens is 2. The van der Waals surface area contributed by atoms with Gasteiger partial charge in [-0.05, 0) is 31.9 Å². The number of imidazole rings is 1. The van der Waals surface area contributed by atoms with E-state index in [-0.39, 0.29) is 5.38 Å². The Morgan fingerprint density at radius 2 is 2.11 bits per heavy atom. The van der Waals surface area contributed by atoms with E-state index in [0.717, 1.165) is 17.9 Å². The van der Waals surface area contributed by atoms with Crippen LogP contribution in [0.25, 0.3) is 11.0 Å². The van der Waals surface area contributed by atoms with Crippen LogP contribution in [0.2, 0.25) is 0 Å². The van der Waals surface area contributed by atoms with Crippen LogP contribution in [0.3, 0.4) is 0 Å². The molecule has 0 amide bonds. The summed E-state index contributed by atoms with van der Waals surface area (Å²) in [5.74, 6) is 0.997. The summed E-state index contributed by atoms with van der Waals surface area (Å²) in [7, 11) is 0. The third-order valence-corrected chi connectivity index (χ3v) is 3.53. The van der Waals surface area contributed by atoms with Crippen molar-refractivity contribution in [3.05, 3.63) is 29.6 Å². The lowest BCUT2D eigenvalue weighted by Gasteiger charge is -2.11. The fourth-order valence-corrected chi connectivity index (χ4v) is 2.60. The lowest BCUT2D eigenvalue weighted by Crippen LogP contribution is -2.05. The Kier molecular flexibility index (Phi) is 4.28. The summed E-state index contributed by atoms with van der Waals surface area (Å²) in [5.41, 5.74) is 3.59. The first-order valence-electron chi connectivity index (χ1n) is 6.75. The highest BCUT2D eigenvalue weighted by molar-refractivity contribution is 6.20. The van der Waals surface area contributed by atoms with Crippen LogP contribution in [0.1, 0.15) is 49.9 Å². The monoisotopic (exact) mass is 264 g/mol. The average Bonchev–Trinajstić information content (AvgIpc) is 2.70. The molecule has 0 aliphatic carbocycles. The van der Waals surface area contributed by atoms with Gasteiger partial charge >= 0.3 is 0 Å². The Balaban J connectivity index is 2.47. The van der Waals surface area contributed by atoms with E-state index in [1.54, 1.807) is 0 Å². The molecule has 18 heavy (non-hydrogen) atoms. The number of para-hydroxylation sites is 1. The molecule has 2 rings (SSSR count). The molecule has 0 saturated carbocycles. The zero-order chi connectivity index (χ0) is 13.1. The quantitative estimate of drug-likeness (QED) is 0.558. The second kappa shape index (κ2) is 5.75. The Morgan fingerprint density at radius 1 is 1.33 bits per heavy atom. The van der Waals surface area contributed by atoms with Crippen LogP contribution >= 0.6 is 11.6 Å². The fourth-order valence-electron chi connectivity index (χ4n) is 2.43. The smallest absolute Gasteiger partial charge is 0.127 e. The predicted octanol–water partition coefficient (Wildman–Crippen LogP) is 4.83. The number of fused-ring (bicyclic) bond motifs is 1. The zero-order valence-electron chi connectivity index (χ0n) is 11.4. The van der Waals surface area contributed by atoms with Crippen molar-refractivity contribution in [3.63, 3.8) is 0 Å². The van der Waals surface area contributed by atoms with Gasteiger partial charge in [-0.15, -0.1) is 11.6 Å². The van der Waals surface area contributed by atoms with E-state index in [9.17, 15) is 0 Å². The van der Waals surface area contributed by atoms with E-state index < -0.39 is 0 Å². The Labute approximate surface area is 114 Å². The summed E-state index contributed by atoms with van der Waals surface area (Å²) in [6, 6.07) is 6.27. The molecule has 2 aromatic rings. The van der Waals surface area contributed by atoms with Crippen molar-refractivity contribution in [2.45, 2.75) is 52.0 Å². The van der Waals surface area contributed by atoms with Crippen LogP contribution in [0, 0.1) is 6.92 Å². The molecule has 0 radical (unpaired) electrons. The Hall–Kier alpha value is -1.02. The number of nitrogens with zero attached hydrogens (tertiary/aromatic N) is 2. The van der Waals surface area contributed by atoms with Gasteiger partial charge in [0.05, 0.1) is 16.4 Å². The number of benzene rings is 1. The first-order valence-corrected chi connectivity index (χ1v) is 7.18. The molecule has 1 atom stereocenters. The van der Waals surface area contributed by atoms with Crippen molar-refractivity contribution in [1.82, 2.24) is 9.55 Å². The number of halogens is 1. The van der Waals surface area contributed by atoms with Gasteiger partial charge in [-0.2, -0.15) is 0 Å². The summed E-state index contributed by atoms with van der Waals surface area (Å²) >= 11 is 6.26. The van der Waals surface area contributed by atoms with Crippen molar-refractivity contribution in [2.24, 2.45) is 0 Å². The predicted molar refractivity (Wildman–Crippen MR) is 78.3 cm³/mol. The van der Waals surface area contributed by atoms with Crippen LogP contribution in [0.4, 0.5) is 0 Å². The number of hydrogen-bond acceptors (Lipinski definition) is 1. The van der Waals surface area contributed by atoms with E-state index in [4.69, 9.17) is 11.6 Å². The molecule has 1 unspecified atom stereocenters. The minimum atomic E-state index is -0.0431. The highest BCUT2D eigenvalue weighted by Crippen LogP contribution is 2.27. The number of aryl methyl sites for hydroxylation is 2. The summed E-state index contributed by atoms with van der Waals surface area (Å²) in [6.45, 7) is 7.38. The molecule has 0 N–H and O–H groups in total. The molecule has 3 heteroatoms. The average molecular weight is 265 g/mol. The van der Waals surface area contributed by atoms with E-state index >= 15 is 0 Å².